The van der Waals surface area contributed by atoms with Crippen LogP contribution < -0.4 is 5.32 Å². The van der Waals surface area contributed by atoms with Gasteiger partial charge in [0.15, 0.2) is 0 Å². The first-order valence-corrected chi connectivity index (χ1v) is 7.89. The fourth-order valence-corrected chi connectivity index (χ4v) is 2.76. The normalized spacial score (nSPS) is 13.0. The van der Waals surface area contributed by atoms with Crippen LogP contribution in [0.4, 0.5) is 0 Å². The fraction of sp³-hybridized carbons (Fsp3) is 0.625. The second-order valence-electron chi connectivity index (χ2n) is 5.34. The van der Waals surface area contributed by atoms with Crippen molar-refractivity contribution >= 4 is 11.8 Å². The molecule has 0 heterocycles. The zero-order chi connectivity index (χ0) is 13.5. The molecular weight excluding hydrogens is 238 g/mol. The first kappa shape index (κ1) is 15.6. The molecule has 1 aromatic carbocycles. The van der Waals surface area contributed by atoms with Gasteiger partial charge >= 0.3 is 0 Å². The first-order valence-electron chi connectivity index (χ1n) is 7.01. The van der Waals surface area contributed by atoms with Crippen molar-refractivity contribution in [2.75, 3.05) is 6.54 Å². The van der Waals surface area contributed by atoms with E-state index in [1.165, 1.54) is 22.4 Å². The molecule has 0 aromatic heterocycles. The number of hydrogen-bond donors (Lipinski definition) is 1. The van der Waals surface area contributed by atoms with Gasteiger partial charge in [0, 0.05) is 16.7 Å². The highest BCUT2D eigenvalue weighted by molar-refractivity contribution is 8.00. The quantitative estimate of drug-likeness (QED) is 0.570. The monoisotopic (exact) mass is 265 g/mol. The summed E-state index contributed by atoms with van der Waals surface area (Å²) in [4.78, 5) is 1.43. The van der Waals surface area contributed by atoms with Gasteiger partial charge in [-0.2, -0.15) is 0 Å². The first-order chi connectivity index (χ1) is 8.54. The summed E-state index contributed by atoms with van der Waals surface area (Å²) >= 11 is 1.99. The Bertz CT molecular complexity index is 360. The molecule has 0 amide bonds. The number of aryl methyl sites for hydroxylation is 1. The van der Waals surface area contributed by atoms with Gasteiger partial charge in [0.05, 0.1) is 0 Å². The van der Waals surface area contributed by atoms with Crippen LogP contribution in [0.15, 0.2) is 23.1 Å². The molecule has 0 aliphatic heterocycles. The Hall–Kier alpha value is -0.470. The van der Waals surface area contributed by atoms with Gasteiger partial charge < -0.3 is 5.32 Å². The van der Waals surface area contributed by atoms with Crippen LogP contribution in [0.3, 0.4) is 0 Å². The van der Waals surface area contributed by atoms with E-state index in [4.69, 9.17) is 0 Å². The van der Waals surface area contributed by atoms with Gasteiger partial charge in [-0.25, -0.2) is 0 Å². The smallest absolute Gasteiger partial charge is 0.0205 e. The molecule has 1 N–H and O–H groups in total. The zero-order valence-corrected chi connectivity index (χ0v) is 13.2. The van der Waals surface area contributed by atoms with Crippen molar-refractivity contribution in [1.82, 2.24) is 5.32 Å². The molecule has 0 radical (unpaired) electrons. The molecular formula is C16H27NS. The molecule has 0 aliphatic rings. The highest BCUT2D eigenvalue weighted by atomic mass is 32.2. The number of rotatable bonds is 7. The van der Waals surface area contributed by atoms with Gasteiger partial charge in [-0.15, -0.1) is 11.8 Å². The van der Waals surface area contributed by atoms with E-state index in [1.807, 2.05) is 11.8 Å². The summed E-state index contributed by atoms with van der Waals surface area (Å²) in [5, 5.41) is 4.12. The highest BCUT2D eigenvalue weighted by Crippen LogP contribution is 2.30. The number of benzene rings is 1. The maximum absolute atomic E-state index is 3.45. The van der Waals surface area contributed by atoms with Crippen LogP contribution in [0, 0.1) is 12.8 Å². The van der Waals surface area contributed by atoms with E-state index >= 15 is 0 Å². The van der Waals surface area contributed by atoms with Gasteiger partial charge in [-0.05, 0) is 43.0 Å². The molecule has 1 unspecified atom stereocenters. The Labute approximate surface area is 117 Å². The molecule has 0 spiro atoms. The third-order valence-electron chi connectivity index (χ3n) is 3.25. The van der Waals surface area contributed by atoms with Crippen LogP contribution in [0.1, 0.15) is 45.2 Å². The number of nitrogens with one attached hydrogen (secondary N) is 1. The molecule has 18 heavy (non-hydrogen) atoms. The van der Waals surface area contributed by atoms with Gasteiger partial charge in [0.2, 0.25) is 0 Å². The minimum Gasteiger partial charge on any atom is -0.313 e. The van der Waals surface area contributed by atoms with Crippen molar-refractivity contribution in [2.45, 2.75) is 57.7 Å². The minimum atomic E-state index is 0.674. The van der Waals surface area contributed by atoms with Crippen LogP contribution in [0.5, 0.6) is 0 Å². The Morgan fingerprint density at radius 1 is 1.22 bits per heavy atom. The highest BCUT2D eigenvalue weighted by Gasteiger charge is 2.10. The molecule has 0 bridgehead atoms. The molecule has 1 rings (SSSR count). The third-order valence-corrected chi connectivity index (χ3v) is 4.88. The second-order valence-corrected chi connectivity index (χ2v) is 6.76. The Balaban J connectivity index is 2.62. The van der Waals surface area contributed by atoms with Gasteiger partial charge in [-0.3, -0.25) is 0 Å². The fourth-order valence-electron chi connectivity index (χ4n) is 1.70. The minimum absolute atomic E-state index is 0.674. The summed E-state index contributed by atoms with van der Waals surface area (Å²) in [5.41, 5.74) is 2.80. The summed E-state index contributed by atoms with van der Waals surface area (Å²) in [6.45, 7) is 13.4. The summed E-state index contributed by atoms with van der Waals surface area (Å²) in [6, 6.07) is 6.85. The molecule has 0 saturated carbocycles. The van der Waals surface area contributed by atoms with E-state index in [1.54, 1.807) is 0 Å². The molecule has 1 aromatic rings. The summed E-state index contributed by atoms with van der Waals surface area (Å²) < 4.78 is 0. The van der Waals surface area contributed by atoms with Crippen molar-refractivity contribution in [1.29, 1.82) is 0 Å². The molecule has 2 heteroatoms. The lowest BCUT2D eigenvalue weighted by Crippen LogP contribution is -2.13. The second kappa shape index (κ2) is 7.85. The van der Waals surface area contributed by atoms with E-state index in [0.717, 1.165) is 19.0 Å². The van der Waals surface area contributed by atoms with Gasteiger partial charge in [0.1, 0.15) is 0 Å². The Kier molecular flexibility index (Phi) is 6.80. The van der Waals surface area contributed by atoms with Crippen LogP contribution in [0.25, 0.3) is 0 Å². The zero-order valence-electron chi connectivity index (χ0n) is 12.4. The lowest BCUT2D eigenvalue weighted by Gasteiger charge is -2.17. The maximum Gasteiger partial charge on any atom is 0.0205 e. The molecule has 1 atom stereocenters. The third kappa shape index (κ3) is 5.03. The molecule has 0 aliphatic carbocycles. The number of thioether (sulfide) groups is 1. The van der Waals surface area contributed by atoms with Crippen molar-refractivity contribution < 1.29 is 0 Å². The van der Waals surface area contributed by atoms with Crippen LogP contribution >= 0.6 is 11.8 Å². The lowest BCUT2D eigenvalue weighted by atomic mass is 10.1. The van der Waals surface area contributed by atoms with Gasteiger partial charge in [0.25, 0.3) is 0 Å². The van der Waals surface area contributed by atoms with Crippen LogP contribution in [0.2, 0.25) is 0 Å². The van der Waals surface area contributed by atoms with Crippen molar-refractivity contribution in [3.8, 4) is 0 Å². The molecule has 0 saturated heterocycles. The predicted octanol–water partition coefficient (Wildman–Crippen LogP) is 4.63. The van der Waals surface area contributed by atoms with Crippen LogP contribution in [-0.4, -0.2) is 11.8 Å². The van der Waals surface area contributed by atoms with Crippen molar-refractivity contribution in [3.05, 3.63) is 29.3 Å². The van der Waals surface area contributed by atoms with Gasteiger partial charge in [-0.1, -0.05) is 39.8 Å². The Morgan fingerprint density at radius 2 is 1.94 bits per heavy atom. The topological polar surface area (TPSA) is 12.0 Å². The maximum atomic E-state index is 3.45. The van der Waals surface area contributed by atoms with E-state index < -0.39 is 0 Å². The van der Waals surface area contributed by atoms with E-state index in [2.05, 4.69) is 58.1 Å². The largest absolute Gasteiger partial charge is 0.313 e. The van der Waals surface area contributed by atoms with Crippen molar-refractivity contribution in [2.24, 2.45) is 5.92 Å². The average molecular weight is 265 g/mol. The Morgan fingerprint density at radius 3 is 2.50 bits per heavy atom. The summed E-state index contributed by atoms with van der Waals surface area (Å²) in [6.07, 6.45) is 1.19. The molecule has 1 nitrogen and oxygen atoms in total. The SMILES string of the molecule is CCCNCc1ccc(SC(C)C(C)C)c(C)c1. The van der Waals surface area contributed by atoms with Crippen LogP contribution in [-0.2, 0) is 6.54 Å². The summed E-state index contributed by atoms with van der Waals surface area (Å²) in [5.74, 6) is 0.722. The lowest BCUT2D eigenvalue weighted by molar-refractivity contribution is 0.642. The van der Waals surface area contributed by atoms with E-state index in [0.29, 0.717) is 5.25 Å². The molecule has 0 fully saturated rings. The predicted molar refractivity (Wildman–Crippen MR) is 83.3 cm³/mol. The molecule has 102 valence electrons. The number of hydrogen-bond acceptors (Lipinski definition) is 2. The van der Waals surface area contributed by atoms with E-state index in [-0.39, 0.29) is 0 Å². The summed E-state index contributed by atoms with van der Waals surface area (Å²) in [7, 11) is 0. The van der Waals surface area contributed by atoms with E-state index in [9.17, 15) is 0 Å². The average Bonchev–Trinajstić information content (AvgIpc) is 2.32. The standard InChI is InChI=1S/C16H27NS/c1-6-9-17-11-15-7-8-16(13(4)10-15)18-14(5)12(2)3/h7-8,10,12,14,17H,6,9,11H2,1-5H3. The van der Waals surface area contributed by atoms with Crippen molar-refractivity contribution in [3.63, 3.8) is 0 Å².